The van der Waals surface area contributed by atoms with Gasteiger partial charge < -0.3 is 9.84 Å². The van der Waals surface area contributed by atoms with Gasteiger partial charge in [0, 0.05) is 0 Å². The fraction of sp³-hybridized carbons (Fsp3) is 0. The van der Waals surface area contributed by atoms with Crippen LogP contribution >= 0.6 is 0 Å². The van der Waals surface area contributed by atoms with Crippen molar-refractivity contribution in [1.29, 1.82) is 0 Å². The van der Waals surface area contributed by atoms with Crippen molar-refractivity contribution in [2.45, 2.75) is 0 Å². The number of ether oxygens (including phenoxy) is 1. The van der Waals surface area contributed by atoms with Crippen molar-refractivity contribution in [2.24, 2.45) is 10.2 Å². The molecule has 5 heteroatoms. The van der Waals surface area contributed by atoms with E-state index in [4.69, 9.17) is 9.84 Å². The first kappa shape index (κ1) is 13.5. The van der Waals surface area contributed by atoms with Crippen LogP contribution in [-0.4, -0.2) is 11.1 Å². The van der Waals surface area contributed by atoms with Crippen LogP contribution in [0.15, 0.2) is 77.2 Å². The minimum atomic E-state index is -1.20. The molecule has 0 atom stereocenters. The summed E-state index contributed by atoms with van der Waals surface area (Å²) in [5, 5.41) is 16.8. The molecule has 0 radical (unpaired) electrons. The molecule has 0 unspecified atom stereocenters. The molecule has 0 bridgehead atoms. The van der Waals surface area contributed by atoms with Gasteiger partial charge in [0.15, 0.2) is 0 Å². The maximum Gasteiger partial charge on any atom is 0.371 e. The Labute approximate surface area is 115 Å². The highest BCUT2D eigenvalue weighted by Gasteiger charge is 2.05. The second-order valence-corrected chi connectivity index (χ2v) is 3.86. The number of nitrogens with zero attached hydrogens (tertiary/aromatic N) is 2. The van der Waals surface area contributed by atoms with Crippen LogP contribution < -0.4 is 4.74 Å². The zero-order valence-electron chi connectivity index (χ0n) is 10.6. The molecule has 0 aliphatic carbocycles. The SMILES string of the molecule is C=C(Oc1ccc(N=Nc2ccccc2)cc1)C(=O)O. The van der Waals surface area contributed by atoms with Crippen LogP contribution in [0.25, 0.3) is 0 Å². The molecule has 0 aliphatic rings. The Morgan fingerprint density at radius 1 is 0.950 bits per heavy atom. The summed E-state index contributed by atoms with van der Waals surface area (Å²) in [6.07, 6.45) is 0. The minimum absolute atomic E-state index is 0.330. The highest BCUT2D eigenvalue weighted by atomic mass is 16.5. The Hall–Kier alpha value is -2.95. The summed E-state index contributed by atoms with van der Waals surface area (Å²) in [5.41, 5.74) is 1.40. The second kappa shape index (κ2) is 6.29. The van der Waals surface area contributed by atoms with Gasteiger partial charge in [0.05, 0.1) is 11.4 Å². The van der Waals surface area contributed by atoms with Crippen molar-refractivity contribution in [2.75, 3.05) is 0 Å². The van der Waals surface area contributed by atoms with Crippen molar-refractivity contribution in [3.05, 3.63) is 66.9 Å². The summed E-state index contributed by atoms with van der Waals surface area (Å²) >= 11 is 0. The molecule has 100 valence electrons. The van der Waals surface area contributed by atoms with Gasteiger partial charge in [-0.2, -0.15) is 10.2 Å². The third-order valence-corrected chi connectivity index (χ3v) is 2.35. The smallest absolute Gasteiger partial charge is 0.371 e. The first-order valence-corrected chi connectivity index (χ1v) is 5.82. The Morgan fingerprint density at radius 3 is 2.05 bits per heavy atom. The van der Waals surface area contributed by atoms with Gasteiger partial charge in [-0.15, -0.1) is 0 Å². The number of aliphatic carboxylic acids is 1. The molecule has 2 aromatic carbocycles. The van der Waals surface area contributed by atoms with Crippen molar-refractivity contribution in [3.8, 4) is 5.75 Å². The fourth-order valence-electron chi connectivity index (χ4n) is 1.38. The standard InChI is InChI=1S/C15H12N2O3/c1-11(15(18)19)20-14-9-7-13(8-10-14)17-16-12-5-3-2-4-6-12/h2-10H,1H2,(H,18,19). The lowest BCUT2D eigenvalue weighted by Crippen LogP contribution is -2.05. The average molecular weight is 268 g/mol. The number of rotatable bonds is 5. The quantitative estimate of drug-likeness (QED) is 0.504. The van der Waals surface area contributed by atoms with Gasteiger partial charge in [0.1, 0.15) is 5.75 Å². The molecule has 0 spiro atoms. The summed E-state index contributed by atoms with van der Waals surface area (Å²) in [7, 11) is 0. The van der Waals surface area contributed by atoms with E-state index in [2.05, 4.69) is 16.8 Å². The molecule has 0 fully saturated rings. The lowest BCUT2D eigenvalue weighted by molar-refractivity contribution is -0.135. The molecule has 0 heterocycles. The number of benzene rings is 2. The molecule has 20 heavy (non-hydrogen) atoms. The zero-order chi connectivity index (χ0) is 14.4. The van der Waals surface area contributed by atoms with Gasteiger partial charge in [-0.25, -0.2) is 4.79 Å². The molecule has 0 saturated heterocycles. The van der Waals surface area contributed by atoms with Gasteiger partial charge in [0.25, 0.3) is 0 Å². The third-order valence-electron chi connectivity index (χ3n) is 2.35. The van der Waals surface area contributed by atoms with E-state index in [1.807, 2.05) is 30.3 Å². The lowest BCUT2D eigenvalue weighted by Gasteiger charge is -2.04. The van der Waals surface area contributed by atoms with E-state index < -0.39 is 5.97 Å². The summed E-state index contributed by atoms with van der Waals surface area (Å²) in [4.78, 5) is 10.6. The number of hydrogen-bond donors (Lipinski definition) is 1. The van der Waals surface area contributed by atoms with E-state index in [1.165, 1.54) is 0 Å². The van der Waals surface area contributed by atoms with Crippen LogP contribution in [-0.2, 0) is 4.79 Å². The van der Waals surface area contributed by atoms with Crippen LogP contribution in [0, 0.1) is 0 Å². The lowest BCUT2D eigenvalue weighted by atomic mass is 10.3. The van der Waals surface area contributed by atoms with Crippen LogP contribution in [0.4, 0.5) is 11.4 Å². The average Bonchev–Trinajstić information content (AvgIpc) is 2.47. The number of carboxylic acids is 1. The van der Waals surface area contributed by atoms with Crippen LogP contribution in [0.1, 0.15) is 0 Å². The molecule has 2 aromatic rings. The minimum Gasteiger partial charge on any atom is -0.475 e. The highest BCUT2D eigenvalue weighted by molar-refractivity contribution is 5.84. The maximum atomic E-state index is 10.6. The summed E-state index contributed by atoms with van der Waals surface area (Å²) in [5.74, 6) is -1.14. The monoisotopic (exact) mass is 268 g/mol. The predicted octanol–water partition coefficient (Wildman–Crippen LogP) is 4.08. The van der Waals surface area contributed by atoms with Crippen LogP contribution in [0.2, 0.25) is 0 Å². The fourth-order valence-corrected chi connectivity index (χ4v) is 1.38. The Bertz CT molecular complexity index is 634. The number of carbonyl (C=O) groups is 1. The van der Waals surface area contributed by atoms with Gasteiger partial charge >= 0.3 is 5.97 Å². The summed E-state index contributed by atoms with van der Waals surface area (Å²) in [6.45, 7) is 3.28. The van der Waals surface area contributed by atoms with E-state index in [0.717, 1.165) is 5.69 Å². The number of carboxylic acid groups (broad SMARTS) is 1. The number of hydrogen-bond acceptors (Lipinski definition) is 4. The molecular weight excluding hydrogens is 256 g/mol. The molecule has 0 aliphatic heterocycles. The molecule has 1 N–H and O–H groups in total. The second-order valence-electron chi connectivity index (χ2n) is 3.86. The van der Waals surface area contributed by atoms with Crippen molar-refractivity contribution < 1.29 is 14.6 Å². The molecule has 0 aromatic heterocycles. The van der Waals surface area contributed by atoms with E-state index in [1.54, 1.807) is 24.3 Å². The number of azo groups is 1. The molecule has 2 rings (SSSR count). The van der Waals surface area contributed by atoms with Crippen molar-refractivity contribution in [1.82, 2.24) is 0 Å². The van der Waals surface area contributed by atoms with Crippen molar-refractivity contribution >= 4 is 17.3 Å². The van der Waals surface area contributed by atoms with E-state index >= 15 is 0 Å². The van der Waals surface area contributed by atoms with Crippen molar-refractivity contribution in [3.63, 3.8) is 0 Å². The maximum absolute atomic E-state index is 10.6. The van der Waals surface area contributed by atoms with Gasteiger partial charge in [-0.05, 0) is 43.0 Å². The van der Waals surface area contributed by atoms with Crippen LogP contribution in [0.5, 0.6) is 5.75 Å². The van der Waals surface area contributed by atoms with E-state index in [9.17, 15) is 4.79 Å². The largest absolute Gasteiger partial charge is 0.475 e. The van der Waals surface area contributed by atoms with E-state index in [0.29, 0.717) is 11.4 Å². The highest BCUT2D eigenvalue weighted by Crippen LogP contribution is 2.21. The normalized spacial score (nSPS) is 10.4. The Balaban J connectivity index is 2.03. The molecule has 5 nitrogen and oxygen atoms in total. The Morgan fingerprint density at radius 2 is 1.50 bits per heavy atom. The first-order valence-electron chi connectivity index (χ1n) is 5.82. The van der Waals surface area contributed by atoms with E-state index in [-0.39, 0.29) is 5.76 Å². The summed E-state index contributed by atoms with van der Waals surface area (Å²) < 4.78 is 5.03. The third kappa shape index (κ3) is 3.78. The van der Waals surface area contributed by atoms with Gasteiger partial charge in [-0.1, -0.05) is 18.2 Å². The predicted molar refractivity (Wildman–Crippen MR) is 74.5 cm³/mol. The zero-order valence-corrected chi connectivity index (χ0v) is 10.6. The van der Waals surface area contributed by atoms with Crippen LogP contribution in [0.3, 0.4) is 0 Å². The van der Waals surface area contributed by atoms with Gasteiger partial charge in [-0.3, -0.25) is 0 Å². The molecule has 0 saturated carbocycles. The summed E-state index contributed by atoms with van der Waals surface area (Å²) in [6, 6.07) is 15.9. The Kier molecular flexibility index (Phi) is 4.24. The van der Waals surface area contributed by atoms with Gasteiger partial charge in [0.2, 0.25) is 5.76 Å². The molecular formula is C15H12N2O3. The topological polar surface area (TPSA) is 71.2 Å². The first-order chi connectivity index (χ1) is 9.65. The molecule has 0 amide bonds.